The second-order valence-corrected chi connectivity index (χ2v) is 4.53. The molecule has 0 spiro atoms. The van der Waals surface area contributed by atoms with E-state index in [-0.39, 0.29) is 5.88 Å². The molecule has 6 nitrogen and oxygen atoms in total. The molecular formula is C10H8ClN3O3S. The number of hydrogen-bond donors (Lipinski definition) is 4. The molecule has 8 heteroatoms. The maximum Gasteiger partial charge on any atom is 0.409 e. The summed E-state index contributed by atoms with van der Waals surface area (Å²) in [6.07, 6.45) is -1.16. The van der Waals surface area contributed by atoms with Crippen LogP contribution in [0.5, 0.6) is 5.88 Å². The lowest BCUT2D eigenvalue weighted by Crippen LogP contribution is -2.07. The summed E-state index contributed by atoms with van der Waals surface area (Å²) in [4.78, 5) is 14.3. The number of nitrogens with zero attached hydrogens (tertiary/aromatic N) is 1. The van der Waals surface area contributed by atoms with Crippen molar-refractivity contribution in [1.29, 1.82) is 0 Å². The van der Waals surface area contributed by atoms with Crippen molar-refractivity contribution in [2.24, 2.45) is 0 Å². The third-order valence-electron chi connectivity index (χ3n) is 1.95. The molecule has 0 fully saturated rings. The Bertz CT molecular complexity index is 587. The molecule has 18 heavy (non-hydrogen) atoms. The summed E-state index contributed by atoms with van der Waals surface area (Å²) >= 11 is 7.17. The molecule has 2 rings (SSSR count). The second kappa shape index (κ2) is 5.11. The van der Waals surface area contributed by atoms with Crippen molar-refractivity contribution in [3.63, 3.8) is 0 Å². The number of aromatic hydroxyl groups is 1. The normalized spacial score (nSPS) is 10.1. The highest BCUT2D eigenvalue weighted by Gasteiger charge is 2.07. The quantitative estimate of drug-likeness (QED) is 0.694. The second-order valence-electron chi connectivity index (χ2n) is 3.26. The highest BCUT2D eigenvalue weighted by atomic mass is 35.5. The van der Waals surface area contributed by atoms with Gasteiger partial charge >= 0.3 is 6.09 Å². The molecule has 1 aromatic heterocycles. The minimum atomic E-state index is -1.16. The number of carboxylic acid groups (broad SMARTS) is 1. The van der Waals surface area contributed by atoms with Gasteiger partial charge in [-0.05, 0) is 18.2 Å². The average molecular weight is 286 g/mol. The SMILES string of the molecule is O=C(O)Nc1ccc(Cl)c(Nc2nc(O)cs2)c1. The zero-order valence-electron chi connectivity index (χ0n) is 8.85. The Hall–Kier alpha value is -1.99. The lowest BCUT2D eigenvalue weighted by Gasteiger charge is -2.07. The van der Waals surface area contributed by atoms with Crippen LogP contribution in [0, 0.1) is 0 Å². The summed E-state index contributed by atoms with van der Waals surface area (Å²) in [5.74, 6) is -0.0848. The first-order valence-corrected chi connectivity index (χ1v) is 6.01. The van der Waals surface area contributed by atoms with Crippen LogP contribution in [0.2, 0.25) is 5.02 Å². The zero-order chi connectivity index (χ0) is 13.1. The van der Waals surface area contributed by atoms with Crippen molar-refractivity contribution in [3.8, 4) is 5.88 Å². The standard InChI is InChI=1S/C10H8ClN3O3S/c11-6-2-1-5(12-10(16)17)3-7(6)13-9-14-8(15)4-18-9/h1-4,12,15H,(H,13,14)(H,16,17). The molecule has 2 aromatic rings. The lowest BCUT2D eigenvalue weighted by molar-refractivity contribution is 0.210. The fourth-order valence-electron chi connectivity index (χ4n) is 1.26. The van der Waals surface area contributed by atoms with E-state index in [0.29, 0.717) is 21.5 Å². The first-order valence-electron chi connectivity index (χ1n) is 4.75. The largest absolute Gasteiger partial charge is 0.493 e. The Morgan fingerprint density at radius 2 is 2.22 bits per heavy atom. The van der Waals surface area contributed by atoms with E-state index in [1.54, 1.807) is 12.1 Å². The fourth-order valence-corrected chi connectivity index (χ4v) is 2.01. The van der Waals surface area contributed by atoms with Crippen molar-refractivity contribution in [3.05, 3.63) is 28.6 Å². The van der Waals surface area contributed by atoms with Crippen LogP contribution in [0.1, 0.15) is 0 Å². The van der Waals surface area contributed by atoms with Gasteiger partial charge in [0.05, 0.1) is 16.1 Å². The Morgan fingerprint density at radius 1 is 1.44 bits per heavy atom. The van der Waals surface area contributed by atoms with Gasteiger partial charge in [0.2, 0.25) is 5.88 Å². The van der Waals surface area contributed by atoms with Gasteiger partial charge in [-0.3, -0.25) is 5.32 Å². The lowest BCUT2D eigenvalue weighted by atomic mass is 10.3. The summed E-state index contributed by atoms with van der Waals surface area (Å²) in [6.45, 7) is 0. The van der Waals surface area contributed by atoms with Gasteiger partial charge in [0.1, 0.15) is 0 Å². The summed E-state index contributed by atoms with van der Waals surface area (Å²) < 4.78 is 0. The Labute approximate surface area is 111 Å². The number of aromatic nitrogens is 1. The summed E-state index contributed by atoms with van der Waals surface area (Å²) in [5.41, 5.74) is 0.882. The van der Waals surface area contributed by atoms with Crippen LogP contribution in [0.15, 0.2) is 23.6 Å². The maximum atomic E-state index is 10.5. The third-order valence-corrected chi connectivity index (χ3v) is 3.03. The van der Waals surface area contributed by atoms with Gasteiger partial charge in [0.15, 0.2) is 5.13 Å². The van der Waals surface area contributed by atoms with Crippen LogP contribution in [0.25, 0.3) is 0 Å². The topological polar surface area (TPSA) is 94.5 Å². The van der Waals surface area contributed by atoms with Gasteiger partial charge in [0.25, 0.3) is 0 Å². The number of anilines is 3. The molecule has 0 atom stereocenters. The predicted octanol–water partition coefficient (Wildman–Crippen LogP) is 3.34. The van der Waals surface area contributed by atoms with Gasteiger partial charge in [-0.25, -0.2) is 4.79 Å². The third kappa shape index (κ3) is 3.02. The van der Waals surface area contributed by atoms with Crippen molar-refractivity contribution in [2.75, 3.05) is 10.6 Å². The van der Waals surface area contributed by atoms with E-state index < -0.39 is 6.09 Å². The number of amides is 1. The molecular weight excluding hydrogens is 278 g/mol. The van der Waals surface area contributed by atoms with Crippen LogP contribution in [-0.4, -0.2) is 21.3 Å². The predicted molar refractivity (Wildman–Crippen MR) is 70.2 cm³/mol. The maximum absolute atomic E-state index is 10.5. The summed E-state index contributed by atoms with van der Waals surface area (Å²) in [7, 11) is 0. The number of nitrogens with one attached hydrogen (secondary N) is 2. The van der Waals surface area contributed by atoms with Gasteiger partial charge in [0, 0.05) is 5.69 Å². The number of hydrogen-bond acceptors (Lipinski definition) is 5. The zero-order valence-corrected chi connectivity index (χ0v) is 10.4. The molecule has 0 bridgehead atoms. The molecule has 1 aromatic carbocycles. The molecule has 1 heterocycles. The molecule has 0 aliphatic carbocycles. The Kier molecular flexibility index (Phi) is 3.54. The van der Waals surface area contributed by atoms with Gasteiger partial charge in [-0.1, -0.05) is 11.6 Å². The Balaban J connectivity index is 2.23. The molecule has 0 aliphatic rings. The van der Waals surface area contributed by atoms with Crippen molar-refractivity contribution < 1.29 is 15.0 Å². The molecule has 94 valence electrons. The Morgan fingerprint density at radius 3 is 2.83 bits per heavy atom. The first-order chi connectivity index (χ1) is 8.54. The first kappa shape index (κ1) is 12.5. The van der Waals surface area contributed by atoms with E-state index in [0.717, 1.165) is 0 Å². The average Bonchev–Trinajstić information content (AvgIpc) is 2.68. The van der Waals surface area contributed by atoms with E-state index in [1.165, 1.54) is 22.8 Å². The van der Waals surface area contributed by atoms with Crippen molar-refractivity contribution >= 4 is 45.5 Å². The van der Waals surface area contributed by atoms with E-state index in [4.69, 9.17) is 21.8 Å². The van der Waals surface area contributed by atoms with Crippen LogP contribution in [0.4, 0.5) is 21.3 Å². The highest BCUT2D eigenvalue weighted by Crippen LogP contribution is 2.30. The van der Waals surface area contributed by atoms with Crippen LogP contribution in [-0.2, 0) is 0 Å². The number of thiazole rings is 1. The number of benzene rings is 1. The van der Waals surface area contributed by atoms with Gasteiger partial charge < -0.3 is 15.5 Å². The minimum absolute atomic E-state index is 0.0848. The highest BCUT2D eigenvalue weighted by molar-refractivity contribution is 7.14. The fraction of sp³-hybridized carbons (Fsp3) is 0. The number of rotatable bonds is 3. The van der Waals surface area contributed by atoms with Crippen molar-refractivity contribution in [1.82, 2.24) is 4.98 Å². The van der Waals surface area contributed by atoms with E-state index in [9.17, 15) is 4.79 Å². The molecule has 1 amide bonds. The van der Waals surface area contributed by atoms with Crippen LogP contribution >= 0.6 is 22.9 Å². The van der Waals surface area contributed by atoms with Crippen LogP contribution in [0.3, 0.4) is 0 Å². The molecule has 0 saturated heterocycles. The summed E-state index contributed by atoms with van der Waals surface area (Å²) in [5, 5.41) is 25.2. The number of carbonyl (C=O) groups is 1. The monoisotopic (exact) mass is 285 g/mol. The molecule has 4 N–H and O–H groups in total. The van der Waals surface area contributed by atoms with Gasteiger partial charge in [-0.15, -0.1) is 11.3 Å². The van der Waals surface area contributed by atoms with Crippen molar-refractivity contribution in [2.45, 2.75) is 0 Å². The van der Waals surface area contributed by atoms with Crippen LogP contribution < -0.4 is 10.6 Å². The smallest absolute Gasteiger partial charge is 0.409 e. The molecule has 0 radical (unpaired) electrons. The van der Waals surface area contributed by atoms with E-state index >= 15 is 0 Å². The summed E-state index contributed by atoms with van der Waals surface area (Å²) in [6, 6.07) is 4.64. The number of halogens is 1. The molecule has 0 aliphatic heterocycles. The van der Waals surface area contributed by atoms with E-state index in [1.807, 2.05) is 0 Å². The van der Waals surface area contributed by atoms with Gasteiger partial charge in [-0.2, -0.15) is 4.98 Å². The van der Waals surface area contributed by atoms with E-state index in [2.05, 4.69) is 15.6 Å². The molecule has 0 saturated carbocycles. The molecule has 0 unspecified atom stereocenters. The minimum Gasteiger partial charge on any atom is -0.493 e.